The molecule has 4 nitrogen and oxygen atoms in total. The lowest BCUT2D eigenvalue weighted by Gasteiger charge is -2.31. The third kappa shape index (κ3) is 10.6. The molecule has 21 heavy (non-hydrogen) atoms. The Morgan fingerprint density at radius 2 is 1.67 bits per heavy atom. The van der Waals surface area contributed by atoms with Gasteiger partial charge in [-0.2, -0.15) is 0 Å². The Kier molecular flexibility index (Phi) is 12.9. The average Bonchev–Trinajstić information content (AvgIpc) is 2.53. The van der Waals surface area contributed by atoms with E-state index in [1.54, 1.807) is 0 Å². The van der Waals surface area contributed by atoms with E-state index < -0.39 is 0 Å². The number of piperidine rings is 1. The summed E-state index contributed by atoms with van der Waals surface area (Å²) in [5.41, 5.74) is 0. The minimum absolute atomic E-state index is 0.668. The molecule has 1 heterocycles. The lowest BCUT2D eigenvalue weighted by Crippen LogP contribution is -2.38. The molecule has 0 spiro atoms. The topological polar surface area (TPSA) is 30.9 Å². The predicted molar refractivity (Wildman–Crippen MR) is 90.3 cm³/mol. The molecule has 0 aliphatic carbocycles. The minimum atomic E-state index is 0.668. The van der Waals surface area contributed by atoms with E-state index in [4.69, 9.17) is 14.2 Å². The van der Waals surface area contributed by atoms with Crippen LogP contribution in [0.5, 0.6) is 0 Å². The van der Waals surface area contributed by atoms with Crippen molar-refractivity contribution in [2.45, 2.75) is 32.6 Å². The molecule has 1 fully saturated rings. The second-order valence-electron chi connectivity index (χ2n) is 5.65. The largest absolute Gasteiger partial charge is 0.379 e. The van der Waals surface area contributed by atoms with Crippen molar-refractivity contribution in [2.24, 2.45) is 5.92 Å². The van der Waals surface area contributed by atoms with Gasteiger partial charge in [-0.15, -0.1) is 0 Å². The molecule has 1 aliphatic rings. The molecule has 1 aliphatic heterocycles. The Morgan fingerprint density at radius 1 is 1.00 bits per heavy atom. The van der Waals surface area contributed by atoms with E-state index >= 15 is 0 Å². The average molecular weight is 366 g/mol. The fourth-order valence-electron chi connectivity index (χ4n) is 2.46. The lowest BCUT2D eigenvalue weighted by molar-refractivity contribution is 0.00845. The van der Waals surface area contributed by atoms with Crippen LogP contribution in [0, 0.1) is 5.92 Å². The van der Waals surface area contributed by atoms with E-state index in [0.717, 1.165) is 37.4 Å². The van der Waals surface area contributed by atoms with Crippen LogP contribution in [0.2, 0.25) is 0 Å². The van der Waals surface area contributed by atoms with Crippen molar-refractivity contribution in [1.82, 2.24) is 4.90 Å². The highest BCUT2D eigenvalue weighted by molar-refractivity contribution is 9.09. The van der Waals surface area contributed by atoms with Crippen LogP contribution in [0.1, 0.15) is 32.6 Å². The second-order valence-corrected chi connectivity index (χ2v) is 6.30. The Morgan fingerprint density at radius 3 is 2.33 bits per heavy atom. The van der Waals surface area contributed by atoms with Crippen LogP contribution in [0.15, 0.2) is 0 Å². The van der Waals surface area contributed by atoms with Gasteiger partial charge in [-0.1, -0.05) is 29.3 Å². The Bertz CT molecular complexity index is 232. The molecule has 1 rings (SSSR count). The van der Waals surface area contributed by atoms with Gasteiger partial charge in [0.05, 0.1) is 33.0 Å². The minimum Gasteiger partial charge on any atom is -0.379 e. The molecule has 1 unspecified atom stereocenters. The second kappa shape index (κ2) is 13.9. The Hall–Kier alpha value is 0.320. The number of hydrogen-bond donors (Lipinski definition) is 0. The number of alkyl halides is 1. The van der Waals surface area contributed by atoms with Crippen molar-refractivity contribution in [2.75, 3.05) is 64.6 Å². The van der Waals surface area contributed by atoms with Gasteiger partial charge < -0.3 is 19.1 Å². The van der Waals surface area contributed by atoms with E-state index in [1.807, 2.05) is 0 Å². The van der Waals surface area contributed by atoms with Crippen molar-refractivity contribution in [3.8, 4) is 0 Å². The van der Waals surface area contributed by atoms with E-state index in [-0.39, 0.29) is 0 Å². The molecule has 0 amide bonds. The Balaban J connectivity index is 1.80. The summed E-state index contributed by atoms with van der Waals surface area (Å²) < 4.78 is 16.5. The number of nitrogens with zero attached hydrogens (tertiary/aromatic N) is 1. The molecule has 0 aromatic carbocycles. The van der Waals surface area contributed by atoms with Crippen LogP contribution in [-0.4, -0.2) is 69.5 Å². The van der Waals surface area contributed by atoms with Gasteiger partial charge in [-0.05, 0) is 31.7 Å². The highest BCUT2D eigenvalue weighted by Crippen LogP contribution is 2.17. The summed E-state index contributed by atoms with van der Waals surface area (Å²) in [6.45, 7) is 10.0. The summed E-state index contributed by atoms with van der Waals surface area (Å²) in [7, 11) is 0. The summed E-state index contributed by atoms with van der Waals surface area (Å²) in [5, 5.41) is 1.12. The number of rotatable bonds is 13. The first-order valence-corrected chi connectivity index (χ1v) is 9.50. The molecule has 5 heteroatoms. The Labute approximate surface area is 138 Å². The van der Waals surface area contributed by atoms with Crippen LogP contribution < -0.4 is 0 Å². The zero-order valence-corrected chi connectivity index (χ0v) is 15.1. The molecule has 0 bridgehead atoms. The van der Waals surface area contributed by atoms with E-state index in [2.05, 4.69) is 27.8 Å². The number of unbranched alkanes of at least 4 members (excludes halogenated alkanes) is 1. The van der Waals surface area contributed by atoms with Crippen molar-refractivity contribution < 1.29 is 14.2 Å². The van der Waals surface area contributed by atoms with Crippen LogP contribution >= 0.6 is 15.9 Å². The standard InChI is InChI=1S/C16H32BrNO3/c1-2-3-8-19-10-12-21-13-11-20-9-7-18-6-4-5-16(14-17)15-18/h16H,2-15H2,1H3. The molecule has 0 saturated carbocycles. The van der Waals surface area contributed by atoms with Gasteiger partial charge in [0.2, 0.25) is 0 Å². The van der Waals surface area contributed by atoms with Crippen molar-refractivity contribution in [3.63, 3.8) is 0 Å². The summed E-state index contributed by atoms with van der Waals surface area (Å²) in [6, 6.07) is 0. The van der Waals surface area contributed by atoms with Gasteiger partial charge in [-0.3, -0.25) is 0 Å². The number of likely N-dealkylation sites (tertiary alicyclic amines) is 1. The summed E-state index contributed by atoms with van der Waals surface area (Å²) in [4.78, 5) is 2.51. The number of halogens is 1. The van der Waals surface area contributed by atoms with Crippen LogP contribution in [0.3, 0.4) is 0 Å². The molecule has 0 aromatic heterocycles. The molecule has 0 aromatic rings. The van der Waals surface area contributed by atoms with E-state index in [1.165, 1.54) is 32.4 Å². The molecule has 126 valence electrons. The maximum atomic E-state index is 5.63. The maximum Gasteiger partial charge on any atom is 0.0701 e. The predicted octanol–water partition coefficient (Wildman–Crippen LogP) is 2.94. The molecular formula is C16H32BrNO3. The normalized spacial score (nSPS) is 20.0. The van der Waals surface area contributed by atoms with Gasteiger partial charge >= 0.3 is 0 Å². The van der Waals surface area contributed by atoms with Crippen LogP contribution in [-0.2, 0) is 14.2 Å². The summed E-state index contributed by atoms with van der Waals surface area (Å²) in [6.07, 6.45) is 4.99. The summed E-state index contributed by atoms with van der Waals surface area (Å²) in [5.74, 6) is 0.815. The first-order chi connectivity index (χ1) is 10.4. The number of hydrogen-bond acceptors (Lipinski definition) is 4. The van der Waals surface area contributed by atoms with Crippen molar-refractivity contribution in [3.05, 3.63) is 0 Å². The monoisotopic (exact) mass is 365 g/mol. The lowest BCUT2D eigenvalue weighted by atomic mass is 10.0. The molecule has 1 saturated heterocycles. The third-order valence-corrected chi connectivity index (χ3v) is 4.68. The van der Waals surface area contributed by atoms with Gasteiger partial charge in [0.25, 0.3) is 0 Å². The highest BCUT2D eigenvalue weighted by atomic mass is 79.9. The van der Waals surface area contributed by atoms with Gasteiger partial charge in [0.15, 0.2) is 0 Å². The van der Waals surface area contributed by atoms with Gasteiger partial charge in [0.1, 0.15) is 0 Å². The summed E-state index contributed by atoms with van der Waals surface area (Å²) >= 11 is 3.59. The molecular weight excluding hydrogens is 334 g/mol. The first-order valence-electron chi connectivity index (χ1n) is 8.38. The van der Waals surface area contributed by atoms with Gasteiger partial charge in [-0.25, -0.2) is 0 Å². The fourth-order valence-corrected chi connectivity index (χ4v) is 2.99. The third-order valence-electron chi connectivity index (χ3n) is 3.76. The SMILES string of the molecule is CCCCOCCOCCOCCN1CCCC(CBr)C1. The van der Waals surface area contributed by atoms with Crippen molar-refractivity contribution in [1.29, 1.82) is 0 Å². The maximum absolute atomic E-state index is 5.63. The van der Waals surface area contributed by atoms with E-state index in [0.29, 0.717) is 26.4 Å². The van der Waals surface area contributed by atoms with Crippen LogP contribution in [0.25, 0.3) is 0 Å². The van der Waals surface area contributed by atoms with Crippen molar-refractivity contribution >= 4 is 15.9 Å². The molecule has 0 radical (unpaired) electrons. The highest BCUT2D eigenvalue weighted by Gasteiger charge is 2.18. The van der Waals surface area contributed by atoms with Gasteiger partial charge in [0, 0.05) is 25.0 Å². The quantitative estimate of drug-likeness (QED) is 0.371. The zero-order valence-electron chi connectivity index (χ0n) is 13.5. The first kappa shape index (κ1) is 19.4. The molecule has 0 N–H and O–H groups in total. The van der Waals surface area contributed by atoms with E-state index in [9.17, 15) is 0 Å². The molecule has 1 atom stereocenters. The fraction of sp³-hybridized carbons (Fsp3) is 1.00. The smallest absolute Gasteiger partial charge is 0.0701 e. The number of ether oxygens (including phenoxy) is 3. The zero-order chi connectivity index (χ0) is 15.2. The van der Waals surface area contributed by atoms with Crippen LogP contribution in [0.4, 0.5) is 0 Å².